The van der Waals surface area contributed by atoms with E-state index >= 15 is 0 Å². The van der Waals surface area contributed by atoms with E-state index in [1.807, 2.05) is 0 Å². The van der Waals surface area contributed by atoms with Crippen LogP contribution in [0.3, 0.4) is 0 Å². The minimum absolute atomic E-state index is 0.0485. The van der Waals surface area contributed by atoms with Gasteiger partial charge >= 0.3 is 0 Å². The normalized spacial score (nSPS) is 11.7. The van der Waals surface area contributed by atoms with Gasteiger partial charge in [0.25, 0.3) is 5.69 Å². The van der Waals surface area contributed by atoms with E-state index in [4.69, 9.17) is 5.26 Å². The molecule has 0 N–H and O–H groups in total. The molecule has 0 spiro atoms. The van der Waals surface area contributed by atoms with Gasteiger partial charge in [0, 0.05) is 25.2 Å². The molecule has 1 aromatic carbocycles. The average Bonchev–Trinajstić information content (AvgIpc) is 2.38. The van der Waals surface area contributed by atoms with Gasteiger partial charge < -0.3 is 4.90 Å². The Morgan fingerprint density at radius 1 is 1.63 bits per heavy atom. The molecule has 102 valence electrons. The lowest BCUT2D eigenvalue weighted by molar-refractivity contribution is -0.384. The number of anilines is 1. The summed E-state index contributed by atoms with van der Waals surface area (Å²) in [5.41, 5.74) is 0.00978. The molecule has 5 nitrogen and oxygen atoms in total. The Hall–Kier alpha value is -1.68. The third-order valence-electron chi connectivity index (χ3n) is 2.65. The molecule has 0 fully saturated rings. The van der Waals surface area contributed by atoms with Crippen LogP contribution in [-0.4, -0.2) is 18.0 Å². The summed E-state index contributed by atoms with van der Waals surface area (Å²) in [6, 6.07) is 4.32. The van der Waals surface area contributed by atoms with E-state index in [1.165, 1.54) is 0 Å². The van der Waals surface area contributed by atoms with Crippen LogP contribution in [0.2, 0.25) is 0 Å². The van der Waals surface area contributed by atoms with Gasteiger partial charge in [0.2, 0.25) is 0 Å². The molecular formula is C12H13BrFN3O2. The van der Waals surface area contributed by atoms with E-state index in [1.54, 1.807) is 18.7 Å². The summed E-state index contributed by atoms with van der Waals surface area (Å²) in [5.74, 6) is -0.866. The average molecular weight is 330 g/mol. The first-order valence-corrected chi connectivity index (χ1v) is 6.48. The molecule has 0 heterocycles. The number of nitro groups is 1. The van der Waals surface area contributed by atoms with E-state index in [0.29, 0.717) is 13.1 Å². The van der Waals surface area contributed by atoms with Crippen molar-refractivity contribution < 1.29 is 9.31 Å². The summed E-state index contributed by atoms with van der Waals surface area (Å²) < 4.78 is 13.6. The third kappa shape index (κ3) is 3.64. The molecule has 19 heavy (non-hydrogen) atoms. The van der Waals surface area contributed by atoms with Crippen molar-refractivity contribution in [3.05, 3.63) is 32.5 Å². The standard InChI is InChI=1S/C12H13BrFN3O2/c1-3-16(7-8(2)6-15)11-5-10(14)9(13)4-12(11)17(18)19/h4-5,8H,3,7H2,1-2H3. The molecule has 0 radical (unpaired) electrons. The predicted molar refractivity (Wildman–Crippen MR) is 73.4 cm³/mol. The van der Waals surface area contributed by atoms with Crippen LogP contribution >= 0.6 is 15.9 Å². The van der Waals surface area contributed by atoms with Crippen molar-refractivity contribution in [1.82, 2.24) is 0 Å². The van der Waals surface area contributed by atoms with Crippen molar-refractivity contribution in [2.45, 2.75) is 13.8 Å². The Morgan fingerprint density at radius 3 is 2.74 bits per heavy atom. The summed E-state index contributed by atoms with van der Waals surface area (Å²) in [4.78, 5) is 12.1. The summed E-state index contributed by atoms with van der Waals surface area (Å²) in [6.07, 6.45) is 0. The van der Waals surface area contributed by atoms with Gasteiger partial charge in [0.05, 0.1) is 21.4 Å². The van der Waals surface area contributed by atoms with Gasteiger partial charge in [0.15, 0.2) is 0 Å². The lowest BCUT2D eigenvalue weighted by atomic mass is 10.1. The van der Waals surface area contributed by atoms with Crippen molar-refractivity contribution in [1.29, 1.82) is 5.26 Å². The molecule has 1 atom stereocenters. The highest BCUT2D eigenvalue weighted by atomic mass is 79.9. The van der Waals surface area contributed by atoms with Crippen LogP contribution in [0.4, 0.5) is 15.8 Å². The van der Waals surface area contributed by atoms with Gasteiger partial charge in [-0.1, -0.05) is 0 Å². The molecule has 0 aliphatic rings. The monoisotopic (exact) mass is 329 g/mol. The number of nitriles is 1. The molecule has 1 unspecified atom stereocenters. The predicted octanol–water partition coefficient (Wildman–Crippen LogP) is 3.48. The highest BCUT2D eigenvalue weighted by Gasteiger charge is 2.22. The molecule has 0 aromatic heterocycles. The van der Waals surface area contributed by atoms with Gasteiger partial charge in [-0.05, 0) is 29.8 Å². The Bertz CT molecular complexity index is 530. The molecule has 0 aliphatic heterocycles. The van der Waals surface area contributed by atoms with E-state index in [2.05, 4.69) is 22.0 Å². The van der Waals surface area contributed by atoms with Crippen LogP contribution in [0.25, 0.3) is 0 Å². The second kappa shape index (κ2) is 6.48. The fourth-order valence-corrected chi connectivity index (χ4v) is 2.03. The van der Waals surface area contributed by atoms with Crippen LogP contribution in [-0.2, 0) is 0 Å². The fourth-order valence-electron chi connectivity index (χ4n) is 1.69. The zero-order chi connectivity index (χ0) is 14.6. The molecule has 0 saturated carbocycles. The molecule has 0 saturated heterocycles. The zero-order valence-electron chi connectivity index (χ0n) is 10.6. The summed E-state index contributed by atoms with van der Waals surface area (Å²) in [6.45, 7) is 4.28. The van der Waals surface area contributed by atoms with Crippen molar-refractivity contribution >= 4 is 27.3 Å². The first-order chi connectivity index (χ1) is 8.90. The SMILES string of the molecule is CCN(CC(C)C#N)c1cc(F)c(Br)cc1[N+](=O)[O-]. The van der Waals surface area contributed by atoms with E-state index in [-0.39, 0.29) is 21.8 Å². The van der Waals surface area contributed by atoms with Crippen LogP contribution in [0.5, 0.6) is 0 Å². The number of nitrogens with zero attached hydrogens (tertiary/aromatic N) is 3. The number of nitro benzene ring substituents is 1. The Balaban J connectivity index is 3.26. The maximum atomic E-state index is 13.6. The lowest BCUT2D eigenvalue weighted by Crippen LogP contribution is -2.28. The second-order valence-corrected chi connectivity index (χ2v) is 4.94. The number of rotatable bonds is 5. The van der Waals surface area contributed by atoms with Crippen molar-refractivity contribution in [2.24, 2.45) is 5.92 Å². The second-order valence-electron chi connectivity index (χ2n) is 4.08. The number of benzene rings is 1. The summed E-state index contributed by atoms with van der Waals surface area (Å²) in [7, 11) is 0. The topological polar surface area (TPSA) is 70.2 Å². The minimum atomic E-state index is -0.566. The molecule has 1 rings (SSSR count). The van der Waals surface area contributed by atoms with E-state index in [9.17, 15) is 14.5 Å². The first kappa shape index (κ1) is 15.4. The molecule has 0 amide bonds. The molecule has 0 aliphatic carbocycles. The van der Waals surface area contributed by atoms with Gasteiger partial charge in [0.1, 0.15) is 11.5 Å². The zero-order valence-corrected chi connectivity index (χ0v) is 12.1. The van der Waals surface area contributed by atoms with Gasteiger partial charge in [-0.15, -0.1) is 0 Å². The Morgan fingerprint density at radius 2 is 2.26 bits per heavy atom. The number of halogens is 2. The number of hydrogen-bond donors (Lipinski definition) is 0. The maximum absolute atomic E-state index is 13.6. The van der Waals surface area contributed by atoms with Crippen LogP contribution in [0.1, 0.15) is 13.8 Å². The number of hydrogen-bond acceptors (Lipinski definition) is 4. The maximum Gasteiger partial charge on any atom is 0.293 e. The minimum Gasteiger partial charge on any atom is -0.365 e. The fraction of sp³-hybridized carbons (Fsp3) is 0.417. The quantitative estimate of drug-likeness (QED) is 0.612. The Kier molecular flexibility index (Phi) is 5.24. The van der Waals surface area contributed by atoms with Gasteiger partial charge in [-0.2, -0.15) is 5.26 Å². The van der Waals surface area contributed by atoms with Crippen LogP contribution < -0.4 is 4.90 Å². The molecule has 7 heteroatoms. The smallest absolute Gasteiger partial charge is 0.293 e. The van der Waals surface area contributed by atoms with E-state index in [0.717, 1.165) is 12.1 Å². The van der Waals surface area contributed by atoms with Crippen LogP contribution in [0, 0.1) is 33.2 Å². The first-order valence-electron chi connectivity index (χ1n) is 5.68. The van der Waals surface area contributed by atoms with Crippen molar-refractivity contribution in [3.8, 4) is 6.07 Å². The highest BCUT2D eigenvalue weighted by Crippen LogP contribution is 2.33. The third-order valence-corrected chi connectivity index (χ3v) is 3.26. The largest absolute Gasteiger partial charge is 0.365 e. The van der Waals surface area contributed by atoms with Crippen molar-refractivity contribution in [3.63, 3.8) is 0 Å². The van der Waals surface area contributed by atoms with Gasteiger partial charge in [-0.3, -0.25) is 10.1 Å². The summed E-state index contributed by atoms with van der Waals surface area (Å²) in [5, 5.41) is 19.8. The van der Waals surface area contributed by atoms with Crippen molar-refractivity contribution in [2.75, 3.05) is 18.0 Å². The van der Waals surface area contributed by atoms with E-state index < -0.39 is 10.7 Å². The van der Waals surface area contributed by atoms with Gasteiger partial charge in [-0.25, -0.2) is 4.39 Å². The molecule has 0 bridgehead atoms. The molecular weight excluding hydrogens is 317 g/mol. The Labute approximate surface area is 118 Å². The van der Waals surface area contributed by atoms with Crippen LogP contribution in [0.15, 0.2) is 16.6 Å². The lowest BCUT2D eigenvalue weighted by Gasteiger charge is -2.24. The molecule has 1 aromatic rings. The summed E-state index contributed by atoms with van der Waals surface area (Å²) >= 11 is 2.93. The highest BCUT2D eigenvalue weighted by molar-refractivity contribution is 9.10.